The molecule has 26 nitrogen and oxygen atoms in total. The molecule has 4 aromatic carbocycles. The first-order chi connectivity index (χ1) is 46.8. The summed E-state index contributed by atoms with van der Waals surface area (Å²) < 4.78 is 66.4. The number of aryl methyl sites for hydroxylation is 1. The van der Waals surface area contributed by atoms with Crippen molar-refractivity contribution >= 4 is 58.4 Å². The summed E-state index contributed by atoms with van der Waals surface area (Å²) in [4.78, 5) is 111. The number of rotatable bonds is 34. The van der Waals surface area contributed by atoms with Gasteiger partial charge in [0.15, 0.2) is 5.60 Å². The van der Waals surface area contributed by atoms with Gasteiger partial charge in [-0.25, -0.2) is 28.6 Å². The van der Waals surface area contributed by atoms with E-state index in [-0.39, 0.29) is 142 Å². The molecular weight excluding hydrogens is 1260 g/mol. The van der Waals surface area contributed by atoms with E-state index in [0.29, 0.717) is 63.1 Å². The third-order valence-electron chi connectivity index (χ3n) is 17.4. The number of anilines is 1. The predicted molar refractivity (Wildman–Crippen MR) is 348 cm³/mol. The van der Waals surface area contributed by atoms with Crippen molar-refractivity contribution in [3.8, 4) is 22.5 Å². The van der Waals surface area contributed by atoms with Crippen molar-refractivity contribution in [3.63, 3.8) is 0 Å². The maximum absolute atomic E-state index is 15.0. The second-order valence-corrected chi connectivity index (χ2v) is 24.2. The number of cyclic esters (lactones) is 1. The van der Waals surface area contributed by atoms with Gasteiger partial charge in [0, 0.05) is 47.3 Å². The maximum atomic E-state index is 15.0. The Morgan fingerprint density at radius 1 is 0.753 bits per heavy atom. The van der Waals surface area contributed by atoms with Crippen LogP contribution in [0.25, 0.3) is 33.4 Å². The molecule has 0 saturated carbocycles. The topological polar surface area (TPSA) is 329 Å². The van der Waals surface area contributed by atoms with E-state index in [2.05, 4.69) is 33.4 Å². The first kappa shape index (κ1) is 70.6. The molecular formula is C70H80FN7O19. The number of carboxylic acids is 1. The third-order valence-corrected chi connectivity index (χ3v) is 17.4. The summed E-state index contributed by atoms with van der Waals surface area (Å²) in [6, 6.07) is 24.3. The van der Waals surface area contributed by atoms with Gasteiger partial charge < -0.3 is 83.6 Å². The second-order valence-electron chi connectivity index (χ2n) is 24.2. The van der Waals surface area contributed by atoms with E-state index in [1.165, 1.54) is 28.5 Å². The number of halogens is 1. The van der Waals surface area contributed by atoms with Gasteiger partial charge in [0.2, 0.25) is 17.7 Å². The van der Waals surface area contributed by atoms with Crippen LogP contribution in [0.4, 0.5) is 19.7 Å². The quantitative estimate of drug-likeness (QED) is 0.0150. The monoisotopic (exact) mass is 1340 g/mol. The Kier molecular flexibility index (Phi) is 23.8. The molecule has 10 rings (SSSR count). The summed E-state index contributed by atoms with van der Waals surface area (Å²) in [5.41, 5.74) is 6.20. The highest BCUT2D eigenvalue weighted by Crippen LogP contribution is 2.47. The van der Waals surface area contributed by atoms with Crippen molar-refractivity contribution < 1.29 is 90.8 Å². The second kappa shape index (κ2) is 32.7. The number of hydrogen-bond donors (Lipinski definition) is 6. The minimum Gasteiger partial charge on any atom is -0.480 e. The maximum Gasteiger partial charge on any atom is 0.409 e. The van der Waals surface area contributed by atoms with Gasteiger partial charge in [-0.3, -0.25) is 19.2 Å². The number of carboxylic acid groups (broad SMARTS) is 1. The molecule has 2 aliphatic carbocycles. The molecule has 6 N–H and O–H groups in total. The van der Waals surface area contributed by atoms with Crippen LogP contribution in [0.5, 0.6) is 0 Å². The number of carbonyl (C=O) groups excluding carboxylic acids is 6. The molecule has 5 amide bonds. The first-order valence-electron chi connectivity index (χ1n) is 32.4. The predicted octanol–water partition coefficient (Wildman–Crippen LogP) is 6.15. The lowest BCUT2D eigenvalue weighted by Crippen LogP contribution is -2.54. The highest BCUT2D eigenvalue weighted by atomic mass is 19.1. The minimum atomic E-state index is -2.04. The Bertz CT molecular complexity index is 3900. The van der Waals surface area contributed by atoms with Crippen LogP contribution in [-0.4, -0.2) is 178 Å². The summed E-state index contributed by atoms with van der Waals surface area (Å²) in [6.07, 6.45) is -0.516. The number of fused-ring (bicyclic) bond motifs is 8. The lowest BCUT2D eigenvalue weighted by molar-refractivity contribution is -0.172. The highest BCUT2D eigenvalue weighted by molar-refractivity contribution is 5.98. The molecule has 97 heavy (non-hydrogen) atoms. The summed E-state index contributed by atoms with van der Waals surface area (Å²) in [5.74, 6) is -4.58. The number of nitrogens with one attached hydrogen (secondary N) is 4. The first-order valence-corrected chi connectivity index (χ1v) is 32.4. The van der Waals surface area contributed by atoms with Crippen LogP contribution >= 0.6 is 0 Å². The van der Waals surface area contributed by atoms with Crippen LogP contribution < -0.4 is 26.8 Å². The number of alkyl carbamates (subject to hydrolysis) is 1. The van der Waals surface area contributed by atoms with E-state index in [9.17, 15) is 43.5 Å². The molecule has 4 aliphatic rings. The molecule has 2 aromatic heterocycles. The molecule has 27 heteroatoms. The smallest absolute Gasteiger partial charge is 0.409 e. The van der Waals surface area contributed by atoms with Gasteiger partial charge in [-0.2, -0.15) is 0 Å². The van der Waals surface area contributed by atoms with Crippen LogP contribution in [0.1, 0.15) is 97.0 Å². The van der Waals surface area contributed by atoms with Crippen molar-refractivity contribution in [1.82, 2.24) is 30.4 Å². The van der Waals surface area contributed by atoms with Crippen molar-refractivity contribution in [1.29, 1.82) is 0 Å². The number of benzene rings is 4. The molecule has 516 valence electrons. The van der Waals surface area contributed by atoms with Gasteiger partial charge >= 0.3 is 24.1 Å². The van der Waals surface area contributed by atoms with E-state index in [1.54, 1.807) is 51.1 Å². The minimum absolute atomic E-state index is 0.0394. The number of aliphatic carboxylic acids is 1. The average molecular weight is 1340 g/mol. The van der Waals surface area contributed by atoms with Crippen LogP contribution in [0, 0.1) is 11.7 Å². The van der Waals surface area contributed by atoms with Crippen LogP contribution in [0.2, 0.25) is 0 Å². The van der Waals surface area contributed by atoms with Crippen LogP contribution in [-0.2, 0) is 98.4 Å². The van der Waals surface area contributed by atoms with E-state index in [4.69, 9.17) is 52.7 Å². The average Bonchev–Trinajstić information content (AvgIpc) is 1.63. The number of aromatic nitrogens is 2. The number of nitrogens with zero attached hydrogens (tertiary/aromatic N) is 3. The van der Waals surface area contributed by atoms with Gasteiger partial charge in [0.05, 0.1) is 101 Å². The summed E-state index contributed by atoms with van der Waals surface area (Å²) in [7, 11) is 0. The standard InChI is InChI=1S/C70H80FN7O19/c1-5-70(88)54-34-57-63-51(35-78(57)66(84)53(54)38-95-67(70)85)61-55(19-16-44-32-45(71)33-56(74-63)60(44)61)75-68(86)96-36-43-14-17-46(18-15-43)73-64(82)42(4)72-65(83)62(41(2)3)76-58(79)39-93-30-28-91-26-24-89-22-20-77(21-23-90-25-27-92-29-31-94-40-59(80)81)69(87)97-37-52-49-12-8-6-10-47(49)48-11-7-9-13-50(48)52/h6-15,17-18,32-34,41-42,52,55,62,88H,5,16,19-31,35-40H2,1-4H3,(H,72,83)(H,73,82)(H,75,86)(H,76,79)(H,80,81)/t42-,55-,62-,70-/m0/s1. The number of amides is 5. The van der Waals surface area contributed by atoms with Gasteiger partial charge in [-0.05, 0) is 95.3 Å². The van der Waals surface area contributed by atoms with Crippen LogP contribution in [0.3, 0.4) is 0 Å². The number of pyridine rings is 2. The van der Waals surface area contributed by atoms with Gasteiger partial charge in [0.25, 0.3) is 5.56 Å². The Balaban J connectivity index is 0.619. The molecule has 0 saturated heterocycles. The SMILES string of the molecule is CC[C@@]1(O)C(=O)OCc2c1cc1n(c2=O)Cc2c-1nc1cc(F)cc3c1c2[C@@H](NC(=O)OCc1ccc(NC(=O)[C@H](C)NC(=O)[C@@H](NC(=O)COCCOCCOCCN(CCOCCOCCOCC(=O)O)C(=O)OCC2c4ccccc4-c4ccccc42)C(C)C)cc1)CC3. The molecule has 4 atom stereocenters. The third kappa shape index (κ3) is 17.0. The Morgan fingerprint density at radius 2 is 1.37 bits per heavy atom. The van der Waals surface area contributed by atoms with Crippen molar-refractivity contribution in [2.45, 2.75) is 96.4 Å². The summed E-state index contributed by atoms with van der Waals surface area (Å²) >= 11 is 0. The zero-order chi connectivity index (χ0) is 68.8. The normalized spacial score (nSPS) is 16.2. The van der Waals surface area contributed by atoms with Gasteiger partial charge in [-0.1, -0.05) is 81.4 Å². The summed E-state index contributed by atoms with van der Waals surface area (Å²) in [5, 5.41) is 31.8. The van der Waals surface area contributed by atoms with E-state index in [1.807, 2.05) is 36.4 Å². The van der Waals surface area contributed by atoms with Gasteiger partial charge in [0.1, 0.15) is 50.9 Å². The molecule has 0 unspecified atom stereocenters. The number of esters is 1. The summed E-state index contributed by atoms with van der Waals surface area (Å²) in [6.45, 7) is 7.78. The van der Waals surface area contributed by atoms with Crippen molar-refractivity contribution in [2.75, 3.05) is 104 Å². The van der Waals surface area contributed by atoms with Crippen LogP contribution in [0.15, 0.2) is 95.8 Å². The lowest BCUT2D eigenvalue weighted by Gasteiger charge is -2.31. The molecule has 4 heterocycles. The highest BCUT2D eigenvalue weighted by Gasteiger charge is 2.46. The zero-order valence-electron chi connectivity index (χ0n) is 54.5. The number of ether oxygens (including phenoxy) is 9. The zero-order valence-corrected chi connectivity index (χ0v) is 54.5. The van der Waals surface area contributed by atoms with E-state index >= 15 is 4.39 Å². The number of aliphatic hydroxyl groups is 1. The van der Waals surface area contributed by atoms with E-state index in [0.717, 1.165) is 22.3 Å². The molecule has 0 bridgehead atoms. The van der Waals surface area contributed by atoms with E-state index < -0.39 is 83.6 Å². The Hall–Kier alpha value is -9.22. The fraction of sp³-hybridized carbons (Fsp3) is 0.443. The molecule has 6 aromatic rings. The largest absolute Gasteiger partial charge is 0.480 e. The number of carbonyl (C=O) groups is 7. The molecule has 2 aliphatic heterocycles. The molecule has 0 radical (unpaired) electrons. The fourth-order valence-corrected chi connectivity index (χ4v) is 12.4. The fourth-order valence-electron chi connectivity index (χ4n) is 12.4. The Morgan fingerprint density at radius 3 is 2.00 bits per heavy atom. The van der Waals surface area contributed by atoms with Crippen molar-refractivity contribution in [3.05, 3.63) is 152 Å². The van der Waals surface area contributed by atoms with Crippen molar-refractivity contribution in [2.24, 2.45) is 5.92 Å². The number of hydrogen-bond acceptors (Lipinski definition) is 19. The van der Waals surface area contributed by atoms with Gasteiger partial charge in [-0.15, -0.1) is 0 Å². The molecule has 0 fully saturated rings. The Labute approximate surface area is 558 Å². The lowest BCUT2D eigenvalue weighted by atomic mass is 9.83. The molecule has 0 spiro atoms.